The lowest BCUT2D eigenvalue weighted by atomic mass is 10.0. The van der Waals surface area contributed by atoms with Crippen LogP contribution in [0.4, 0.5) is 13.2 Å². The molecule has 0 heterocycles. The molecule has 0 aromatic heterocycles. The Labute approximate surface area is 120 Å². The van der Waals surface area contributed by atoms with E-state index >= 15 is 0 Å². The second kappa shape index (κ2) is 6.04. The number of halogens is 4. The van der Waals surface area contributed by atoms with Crippen LogP contribution in [0.15, 0.2) is 24.3 Å². The zero-order valence-corrected chi connectivity index (χ0v) is 11.5. The number of rotatable bonds is 4. The Morgan fingerprint density at radius 1 is 1.25 bits per heavy atom. The standard InChI is InChI=1S/C14H15ClF3NO/c15-5-6-19(9-14(16,17)18)13(20)12-7-10-3-1-2-4-11(10)8-12/h1-4,12H,5-9H2. The molecular formula is C14H15ClF3NO. The van der Waals surface area contributed by atoms with Crippen LogP contribution in [-0.4, -0.2) is 36.0 Å². The van der Waals surface area contributed by atoms with Crippen LogP contribution in [0.25, 0.3) is 0 Å². The molecule has 0 aliphatic heterocycles. The third kappa shape index (κ3) is 3.66. The second-order valence-corrected chi connectivity index (χ2v) is 5.32. The zero-order valence-electron chi connectivity index (χ0n) is 10.8. The lowest BCUT2D eigenvalue weighted by Gasteiger charge is -2.25. The van der Waals surface area contributed by atoms with Gasteiger partial charge >= 0.3 is 6.18 Å². The quantitative estimate of drug-likeness (QED) is 0.783. The summed E-state index contributed by atoms with van der Waals surface area (Å²) < 4.78 is 37.5. The third-order valence-corrected chi connectivity index (χ3v) is 3.61. The predicted molar refractivity (Wildman–Crippen MR) is 70.7 cm³/mol. The van der Waals surface area contributed by atoms with Gasteiger partial charge in [0, 0.05) is 18.3 Å². The van der Waals surface area contributed by atoms with Gasteiger partial charge in [0.1, 0.15) is 6.54 Å². The van der Waals surface area contributed by atoms with Crippen molar-refractivity contribution in [2.45, 2.75) is 19.0 Å². The fraction of sp³-hybridized carbons (Fsp3) is 0.500. The average molecular weight is 306 g/mol. The van der Waals surface area contributed by atoms with Gasteiger partial charge in [0.2, 0.25) is 5.91 Å². The van der Waals surface area contributed by atoms with Gasteiger partial charge in [-0.3, -0.25) is 4.79 Å². The first-order chi connectivity index (χ1) is 9.40. The maximum atomic E-state index is 12.5. The van der Waals surface area contributed by atoms with Gasteiger partial charge in [-0.1, -0.05) is 24.3 Å². The van der Waals surface area contributed by atoms with Crippen LogP contribution in [0.3, 0.4) is 0 Å². The van der Waals surface area contributed by atoms with Gasteiger partial charge in [0.05, 0.1) is 0 Å². The molecule has 0 N–H and O–H groups in total. The van der Waals surface area contributed by atoms with E-state index in [9.17, 15) is 18.0 Å². The first-order valence-corrected chi connectivity index (χ1v) is 6.92. The highest BCUT2D eigenvalue weighted by molar-refractivity contribution is 6.18. The van der Waals surface area contributed by atoms with Gasteiger partial charge in [-0.2, -0.15) is 13.2 Å². The number of fused-ring (bicyclic) bond motifs is 1. The molecule has 1 aliphatic rings. The maximum absolute atomic E-state index is 12.5. The molecule has 0 spiro atoms. The Kier molecular flexibility index (Phi) is 4.58. The van der Waals surface area contributed by atoms with E-state index < -0.39 is 24.5 Å². The van der Waals surface area contributed by atoms with Crippen molar-refractivity contribution in [2.24, 2.45) is 5.92 Å². The first kappa shape index (κ1) is 15.2. The SMILES string of the molecule is O=C(C1Cc2ccccc2C1)N(CCCl)CC(F)(F)F. The van der Waals surface area contributed by atoms with Gasteiger partial charge < -0.3 is 4.90 Å². The molecule has 0 bridgehead atoms. The molecular weight excluding hydrogens is 291 g/mol. The molecule has 0 saturated carbocycles. The van der Waals surface area contributed by atoms with E-state index in [4.69, 9.17) is 11.6 Å². The van der Waals surface area contributed by atoms with Crippen LogP contribution < -0.4 is 0 Å². The molecule has 1 aliphatic carbocycles. The third-order valence-electron chi connectivity index (χ3n) is 3.44. The summed E-state index contributed by atoms with van der Waals surface area (Å²) in [7, 11) is 0. The van der Waals surface area contributed by atoms with Crippen LogP contribution in [0, 0.1) is 5.92 Å². The monoisotopic (exact) mass is 305 g/mol. The van der Waals surface area contributed by atoms with Crippen molar-refractivity contribution < 1.29 is 18.0 Å². The van der Waals surface area contributed by atoms with Crippen molar-refractivity contribution >= 4 is 17.5 Å². The Balaban J connectivity index is 2.06. The van der Waals surface area contributed by atoms with E-state index in [0.717, 1.165) is 16.0 Å². The summed E-state index contributed by atoms with van der Waals surface area (Å²) >= 11 is 5.50. The second-order valence-electron chi connectivity index (χ2n) is 4.94. The van der Waals surface area contributed by atoms with E-state index in [1.54, 1.807) is 0 Å². The minimum atomic E-state index is -4.40. The van der Waals surface area contributed by atoms with Crippen molar-refractivity contribution in [3.8, 4) is 0 Å². The van der Waals surface area contributed by atoms with Crippen molar-refractivity contribution in [3.63, 3.8) is 0 Å². The molecule has 1 amide bonds. The maximum Gasteiger partial charge on any atom is 0.406 e. The van der Waals surface area contributed by atoms with Crippen molar-refractivity contribution in [3.05, 3.63) is 35.4 Å². The highest BCUT2D eigenvalue weighted by Crippen LogP contribution is 2.28. The topological polar surface area (TPSA) is 20.3 Å². The summed E-state index contributed by atoms with van der Waals surface area (Å²) in [5, 5.41) is 0. The molecule has 6 heteroatoms. The summed E-state index contributed by atoms with van der Waals surface area (Å²) in [6.45, 7) is -1.31. The van der Waals surface area contributed by atoms with Gasteiger partial charge in [-0.25, -0.2) is 0 Å². The van der Waals surface area contributed by atoms with Gasteiger partial charge in [-0.05, 0) is 24.0 Å². The summed E-state index contributed by atoms with van der Waals surface area (Å²) in [5.74, 6) is -0.862. The van der Waals surface area contributed by atoms with E-state index in [-0.39, 0.29) is 12.4 Å². The molecule has 2 rings (SSSR count). The lowest BCUT2D eigenvalue weighted by Crippen LogP contribution is -2.43. The van der Waals surface area contributed by atoms with Gasteiger partial charge in [-0.15, -0.1) is 11.6 Å². The Morgan fingerprint density at radius 2 is 1.80 bits per heavy atom. The zero-order chi connectivity index (χ0) is 14.8. The van der Waals surface area contributed by atoms with Crippen molar-refractivity contribution in [1.29, 1.82) is 0 Å². The molecule has 0 atom stereocenters. The summed E-state index contributed by atoms with van der Waals surface area (Å²) in [6, 6.07) is 7.58. The van der Waals surface area contributed by atoms with E-state index in [0.29, 0.717) is 12.8 Å². The van der Waals surface area contributed by atoms with Crippen LogP contribution in [0.2, 0.25) is 0 Å². The van der Waals surface area contributed by atoms with Crippen molar-refractivity contribution in [2.75, 3.05) is 19.0 Å². The smallest absolute Gasteiger partial charge is 0.332 e. The van der Waals surface area contributed by atoms with Crippen LogP contribution >= 0.6 is 11.6 Å². The molecule has 110 valence electrons. The largest absolute Gasteiger partial charge is 0.406 e. The summed E-state index contributed by atoms with van der Waals surface area (Å²) in [5.41, 5.74) is 2.09. The molecule has 0 saturated heterocycles. The molecule has 0 fully saturated rings. The van der Waals surface area contributed by atoms with Crippen LogP contribution in [0.1, 0.15) is 11.1 Å². The summed E-state index contributed by atoms with van der Waals surface area (Å²) in [4.78, 5) is 13.1. The number of alkyl halides is 4. The van der Waals surface area contributed by atoms with E-state index in [1.807, 2.05) is 24.3 Å². The minimum Gasteiger partial charge on any atom is -0.332 e. The summed E-state index contributed by atoms with van der Waals surface area (Å²) in [6.07, 6.45) is -3.38. The number of hydrogen-bond acceptors (Lipinski definition) is 1. The fourth-order valence-electron chi connectivity index (χ4n) is 2.58. The van der Waals surface area contributed by atoms with Crippen LogP contribution in [0.5, 0.6) is 0 Å². The molecule has 0 unspecified atom stereocenters. The normalized spacial score (nSPS) is 15.2. The molecule has 2 nitrogen and oxygen atoms in total. The predicted octanol–water partition coefficient (Wildman–Crippen LogP) is 3.03. The Bertz CT molecular complexity index is 465. The lowest BCUT2D eigenvalue weighted by molar-refractivity contribution is -0.163. The number of amides is 1. The van der Waals surface area contributed by atoms with Crippen LogP contribution in [-0.2, 0) is 17.6 Å². The number of carbonyl (C=O) groups is 1. The Morgan fingerprint density at radius 3 is 2.25 bits per heavy atom. The number of hydrogen-bond donors (Lipinski definition) is 0. The molecule has 20 heavy (non-hydrogen) atoms. The molecule has 1 aromatic rings. The highest BCUT2D eigenvalue weighted by Gasteiger charge is 2.36. The van der Waals surface area contributed by atoms with Gasteiger partial charge in [0.15, 0.2) is 0 Å². The number of nitrogens with zero attached hydrogens (tertiary/aromatic N) is 1. The number of carbonyl (C=O) groups excluding carboxylic acids is 1. The molecule has 1 aromatic carbocycles. The van der Waals surface area contributed by atoms with E-state index in [1.165, 1.54) is 0 Å². The van der Waals surface area contributed by atoms with Gasteiger partial charge in [0.25, 0.3) is 0 Å². The highest BCUT2D eigenvalue weighted by atomic mass is 35.5. The average Bonchev–Trinajstić information content (AvgIpc) is 2.79. The van der Waals surface area contributed by atoms with Crippen molar-refractivity contribution in [1.82, 2.24) is 4.90 Å². The number of benzene rings is 1. The fourth-order valence-corrected chi connectivity index (χ4v) is 2.78. The molecule has 0 radical (unpaired) electrons. The first-order valence-electron chi connectivity index (χ1n) is 6.39. The minimum absolute atomic E-state index is 0.00148. The Hall–Kier alpha value is -1.23. The van der Waals surface area contributed by atoms with E-state index in [2.05, 4.69) is 0 Å².